The number of halogens is 1. The van der Waals surface area contributed by atoms with Crippen LogP contribution in [0.3, 0.4) is 0 Å². The Kier molecular flexibility index (Phi) is 4.23. The number of hydrogen-bond donors (Lipinski definition) is 2. The molecule has 1 aromatic rings. The van der Waals surface area contributed by atoms with Crippen LogP contribution in [0.1, 0.15) is 12.8 Å². The van der Waals surface area contributed by atoms with Crippen molar-refractivity contribution in [2.75, 3.05) is 18.5 Å². The molecule has 92 valence electrons. The van der Waals surface area contributed by atoms with Gasteiger partial charge < -0.3 is 15.4 Å². The summed E-state index contributed by atoms with van der Waals surface area (Å²) in [6.45, 7) is 1.34. The standard InChI is InChI=1S/C12H15ClN2O2/c13-9-3-1-4-10(7-9)15-12(16)14-8-11-5-2-6-17-11/h1,3-4,7,11H,2,5-6,8H2,(H2,14,15,16)/t11-/m1/s1. The van der Waals surface area contributed by atoms with Crippen molar-refractivity contribution in [1.82, 2.24) is 5.32 Å². The second-order valence-corrected chi connectivity index (χ2v) is 4.42. The zero-order chi connectivity index (χ0) is 12.1. The number of amides is 2. The van der Waals surface area contributed by atoms with Crippen LogP contribution in [-0.2, 0) is 4.74 Å². The van der Waals surface area contributed by atoms with Gasteiger partial charge >= 0.3 is 6.03 Å². The monoisotopic (exact) mass is 254 g/mol. The van der Waals surface area contributed by atoms with Crippen LogP contribution in [0.25, 0.3) is 0 Å². The van der Waals surface area contributed by atoms with E-state index in [2.05, 4.69) is 10.6 Å². The Hall–Kier alpha value is -1.26. The third kappa shape index (κ3) is 3.91. The molecule has 1 atom stereocenters. The van der Waals surface area contributed by atoms with Gasteiger partial charge in [0.2, 0.25) is 0 Å². The molecular formula is C12H15ClN2O2. The zero-order valence-electron chi connectivity index (χ0n) is 9.41. The summed E-state index contributed by atoms with van der Waals surface area (Å²) in [5.74, 6) is 0. The van der Waals surface area contributed by atoms with Crippen molar-refractivity contribution in [3.05, 3.63) is 29.3 Å². The van der Waals surface area contributed by atoms with Gasteiger partial charge in [-0.3, -0.25) is 0 Å². The number of anilines is 1. The minimum absolute atomic E-state index is 0.153. The highest BCUT2D eigenvalue weighted by atomic mass is 35.5. The lowest BCUT2D eigenvalue weighted by atomic mass is 10.2. The molecule has 1 saturated heterocycles. The van der Waals surface area contributed by atoms with Gasteiger partial charge in [0, 0.05) is 23.9 Å². The fourth-order valence-corrected chi connectivity index (χ4v) is 1.94. The first-order valence-corrected chi connectivity index (χ1v) is 6.04. The average molecular weight is 255 g/mol. The van der Waals surface area contributed by atoms with E-state index in [0.29, 0.717) is 17.3 Å². The summed E-state index contributed by atoms with van der Waals surface area (Å²) in [6, 6.07) is 6.81. The molecular weight excluding hydrogens is 240 g/mol. The lowest BCUT2D eigenvalue weighted by molar-refractivity contribution is 0.112. The van der Waals surface area contributed by atoms with Crippen LogP contribution < -0.4 is 10.6 Å². The molecule has 17 heavy (non-hydrogen) atoms. The summed E-state index contributed by atoms with van der Waals surface area (Å²) in [5, 5.41) is 6.09. The summed E-state index contributed by atoms with van der Waals surface area (Å²) >= 11 is 5.82. The molecule has 5 heteroatoms. The summed E-state index contributed by atoms with van der Waals surface area (Å²) in [7, 11) is 0. The topological polar surface area (TPSA) is 50.4 Å². The maximum absolute atomic E-state index is 11.6. The van der Waals surface area contributed by atoms with Crippen molar-refractivity contribution < 1.29 is 9.53 Å². The normalized spacial score (nSPS) is 19.0. The number of benzene rings is 1. The maximum atomic E-state index is 11.6. The Bertz CT molecular complexity index is 392. The number of carbonyl (C=O) groups is 1. The molecule has 1 aliphatic rings. The quantitative estimate of drug-likeness (QED) is 0.871. The Morgan fingerprint density at radius 2 is 2.41 bits per heavy atom. The van der Waals surface area contributed by atoms with E-state index in [1.54, 1.807) is 24.3 Å². The number of rotatable bonds is 3. The Morgan fingerprint density at radius 1 is 1.53 bits per heavy atom. The molecule has 1 heterocycles. The average Bonchev–Trinajstić information content (AvgIpc) is 2.79. The number of carbonyl (C=O) groups excluding carboxylic acids is 1. The third-order valence-corrected chi connectivity index (χ3v) is 2.83. The fraction of sp³-hybridized carbons (Fsp3) is 0.417. The Labute approximate surface area is 105 Å². The minimum atomic E-state index is -0.234. The zero-order valence-corrected chi connectivity index (χ0v) is 10.2. The van der Waals surface area contributed by atoms with Crippen LogP contribution in [0.4, 0.5) is 10.5 Å². The number of urea groups is 1. The molecule has 2 amide bonds. The van der Waals surface area contributed by atoms with Crippen LogP contribution in [0, 0.1) is 0 Å². The van der Waals surface area contributed by atoms with Gasteiger partial charge in [0.1, 0.15) is 0 Å². The number of ether oxygens (including phenoxy) is 1. The highest BCUT2D eigenvalue weighted by Gasteiger charge is 2.15. The predicted molar refractivity (Wildman–Crippen MR) is 67.4 cm³/mol. The van der Waals surface area contributed by atoms with Crippen LogP contribution in [-0.4, -0.2) is 25.3 Å². The van der Waals surface area contributed by atoms with E-state index in [4.69, 9.17) is 16.3 Å². The molecule has 0 bridgehead atoms. The smallest absolute Gasteiger partial charge is 0.319 e. The van der Waals surface area contributed by atoms with E-state index < -0.39 is 0 Å². The Balaban J connectivity index is 1.76. The van der Waals surface area contributed by atoms with Gasteiger partial charge in [0.15, 0.2) is 0 Å². The molecule has 0 radical (unpaired) electrons. The van der Waals surface area contributed by atoms with E-state index in [1.807, 2.05) is 0 Å². The van der Waals surface area contributed by atoms with E-state index in [-0.39, 0.29) is 12.1 Å². The minimum Gasteiger partial charge on any atom is -0.376 e. The summed E-state index contributed by atoms with van der Waals surface area (Å²) in [4.78, 5) is 11.6. The third-order valence-electron chi connectivity index (χ3n) is 2.60. The molecule has 1 aliphatic heterocycles. The van der Waals surface area contributed by atoms with Gasteiger partial charge in [-0.1, -0.05) is 17.7 Å². The maximum Gasteiger partial charge on any atom is 0.319 e. The molecule has 2 rings (SSSR count). The second-order valence-electron chi connectivity index (χ2n) is 3.98. The first-order chi connectivity index (χ1) is 8.24. The first kappa shape index (κ1) is 12.2. The van der Waals surface area contributed by atoms with Crippen molar-refractivity contribution in [3.8, 4) is 0 Å². The van der Waals surface area contributed by atoms with Gasteiger partial charge in [-0.15, -0.1) is 0 Å². The van der Waals surface area contributed by atoms with E-state index in [1.165, 1.54) is 0 Å². The second kappa shape index (κ2) is 5.89. The van der Waals surface area contributed by atoms with Crippen LogP contribution in [0.2, 0.25) is 5.02 Å². The molecule has 0 aromatic heterocycles. The van der Waals surface area contributed by atoms with E-state index in [0.717, 1.165) is 19.4 Å². The summed E-state index contributed by atoms with van der Waals surface area (Å²) < 4.78 is 5.41. The van der Waals surface area contributed by atoms with Gasteiger partial charge in [-0.25, -0.2) is 4.79 Å². The predicted octanol–water partition coefficient (Wildman–Crippen LogP) is 2.64. The number of hydrogen-bond acceptors (Lipinski definition) is 2. The fourth-order valence-electron chi connectivity index (χ4n) is 1.75. The van der Waals surface area contributed by atoms with Crippen molar-refractivity contribution in [3.63, 3.8) is 0 Å². The van der Waals surface area contributed by atoms with Crippen molar-refractivity contribution >= 4 is 23.3 Å². The molecule has 0 saturated carbocycles. The molecule has 0 spiro atoms. The molecule has 1 fully saturated rings. The van der Waals surface area contributed by atoms with Gasteiger partial charge in [-0.2, -0.15) is 0 Å². The van der Waals surface area contributed by atoms with Crippen LogP contribution >= 0.6 is 11.6 Å². The van der Waals surface area contributed by atoms with Crippen molar-refractivity contribution in [2.45, 2.75) is 18.9 Å². The molecule has 1 aromatic carbocycles. The lowest BCUT2D eigenvalue weighted by Crippen LogP contribution is -2.34. The SMILES string of the molecule is O=C(NC[C@H]1CCCO1)Nc1cccc(Cl)c1. The largest absolute Gasteiger partial charge is 0.376 e. The van der Waals surface area contributed by atoms with Gasteiger partial charge in [-0.05, 0) is 31.0 Å². The molecule has 4 nitrogen and oxygen atoms in total. The van der Waals surface area contributed by atoms with Crippen LogP contribution in [0.15, 0.2) is 24.3 Å². The summed E-state index contributed by atoms with van der Waals surface area (Å²) in [6.07, 6.45) is 2.24. The lowest BCUT2D eigenvalue weighted by Gasteiger charge is -2.11. The van der Waals surface area contributed by atoms with Crippen molar-refractivity contribution in [2.24, 2.45) is 0 Å². The van der Waals surface area contributed by atoms with Gasteiger partial charge in [0.05, 0.1) is 6.10 Å². The molecule has 0 unspecified atom stereocenters. The first-order valence-electron chi connectivity index (χ1n) is 5.66. The van der Waals surface area contributed by atoms with E-state index >= 15 is 0 Å². The van der Waals surface area contributed by atoms with E-state index in [9.17, 15) is 4.79 Å². The van der Waals surface area contributed by atoms with Gasteiger partial charge in [0.25, 0.3) is 0 Å². The molecule has 0 aliphatic carbocycles. The highest BCUT2D eigenvalue weighted by molar-refractivity contribution is 6.30. The molecule has 2 N–H and O–H groups in total. The Morgan fingerprint density at radius 3 is 3.12 bits per heavy atom. The summed E-state index contributed by atoms with van der Waals surface area (Å²) in [5.41, 5.74) is 0.683. The van der Waals surface area contributed by atoms with Crippen molar-refractivity contribution in [1.29, 1.82) is 0 Å². The van der Waals surface area contributed by atoms with Crippen LogP contribution in [0.5, 0.6) is 0 Å². The number of nitrogens with one attached hydrogen (secondary N) is 2. The highest BCUT2D eigenvalue weighted by Crippen LogP contribution is 2.15.